The maximum absolute atomic E-state index is 10.9. The van der Waals surface area contributed by atoms with E-state index in [9.17, 15) is 4.79 Å². The molecule has 4 heteroatoms. The van der Waals surface area contributed by atoms with E-state index in [1.165, 1.54) is 6.07 Å². The van der Waals surface area contributed by atoms with Gasteiger partial charge in [0, 0.05) is 18.8 Å². The van der Waals surface area contributed by atoms with E-state index in [0.717, 1.165) is 17.6 Å². The Bertz CT molecular complexity index is 455. The highest BCUT2D eigenvalue weighted by Crippen LogP contribution is 2.04. The number of pyridine rings is 1. The normalized spacial score (nSPS) is 10.8. The van der Waals surface area contributed by atoms with Gasteiger partial charge in [-0.3, -0.25) is 9.48 Å². The molecule has 0 unspecified atom stereocenters. The minimum Gasteiger partial charge on any atom is -0.319 e. The Hall–Kier alpha value is -1.58. The Morgan fingerprint density at radius 1 is 1.58 bits per heavy atom. The zero-order chi connectivity index (χ0) is 8.55. The molecule has 0 bridgehead atoms. The molecule has 0 atom stereocenters. The van der Waals surface area contributed by atoms with Crippen molar-refractivity contribution in [3.05, 3.63) is 28.7 Å². The molecule has 0 fully saturated rings. The van der Waals surface area contributed by atoms with Gasteiger partial charge in [-0.2, -0.15) is 5.10 Å². The molecular weight excluding hydrogens is 154 g/mol. The number of aromatic amines is 1. The summed E-state index contributed by atoms with van der Waals surface area (Å²) >= 11 is 0. The van der Waals surface area contributed by atoms with Gasteiger partial charge >= 0.3 is 0 Å². The summed E-state index contributed by atoms with van der Waals surface area (Å²) in [5.74, 6) is 0. The molecule has 2 aromatic heterocycles. The van der Waals surface area contributed by atoms with Gasteiger partial charge in [0.15, 0.2) is 0 Å². The van der Waals surface area contributed by atoms with Crippen LogP contribution in [0.1, 0.15) is 6.92 Å². The third-order valence-electron chi connectivity index (χ3n) is 1.76. The minimum atomic E-state index is -0.0850. The SMILES string of the molecule is CCn1cc2[nH]c(=O)ccc2n1. The predicted molar refractivity (Wildman–Crippen MR) is 46.0 cm³/mol. The Labute approximate surface area is 68.8 Å². The molecule has 1 N–H and O–H groups in total. The highest BCUT2D eigenvalue weighted by Gasteiger charge is 1.98. The number of aromatic nitrogens is 3. The molecule has 0 saturated carbocycles. The van der Waals surface area contributed by atoms with Crippen LogP contribution in [0.3, 0.4) is 0 Å². The van der Waals surface area contributed by atoms with Crippen molar-refractivity contribution in [2.45, 2.75) is 13.5 Å². The smallest absolute Gasteiger partial charge is 0.248 e. The monoisotopic (exact) mass is 163 g/mol. The van der Waals surface area contributed by atoms with Gasteiger partial charge in [-0.25, -0.2) is 0 Å². The molecule has 0 spiro atoms. The van der Waals surface area contributed by atoms with Crippen LogP contribution in [0.2, 0.25) is 0 Å². The van der Waals surface area contributed by atoms with E-state index in [1.807, 2.05) is 13.1 Å². The Morgan fingerprint density at radius 2 is 2.42 bits per heavy atom. The molecule has 0 aliphatic rings. The molecule has 2 rings (SSSR count). The van der Waals surface area contributed by atoms with Gasteiger partial charge in [0.25, 0.3) is 0 Å². The zero-order valence-corrected chi connectivity index (χ0v) is 6.74. The highest BCUT2D eigenvalue weighted by atomic mass is 16.1. The zero-order valence-electron chi connectivity index (χ0n) is 6.74. The Kier molecular flexibility index (Phi) is 1.46. The van der Waals surface area contributed by atoms with Crippen molar-refractivity contribution < 1.29 is 0 Å². The van der Waals surface area contributed by atoms with Gasteiger partial charge in [-0.05, 0) is 13.0 Å². The fraction of sp³-hybridized carbons (Fsp3) is 0.250. The van der Waals surface area contributed by atoms with E-state index >= 15 is 0 Å². The lowest BCUT2D eigenvalue weighted by atomic mass is 10.4. The first kappa shape index (κ1) is 7.09. The first-order valence-electron chi connectivity index (χ1n) is 3.86. The van der Waals surface area contributed by atoms with E-state index in [2.05, 4.69) is 10.1 Å². The van der Waals surface area contributed by atoms with Gasteiger partial charge < -0.3 is 4.98 Å². The minimum absolute atomic E-state index is 0.0850. The topological polar surface area (TPSA) is 50.7 Å². The second kappa shape index (κ2) is 2.48. The summed E-state index contributed by atoms with van der Waals surface area (Å²) in [5, 5.41) is 4.22. The standard InChI is InChI=1S/C8H9N3O/c1-2-11-5-7-6(10-11)3-4-8(12)9-7/h3-5H,2H2,1H3,(H,9,12). The highest BCUT2D eigenvalue weighted by molar-refractivity contribution is 5.72. The molecule has 62 valence electrons. The van der Waals surface area contributed by atoms with Crippen LogP contribution in [0.15, 0.2) is 23.1 Å². The molecule has 2 heterocycles. The van der Waals surface area contributed by atoms with Gasteiger partial charge in [-0.1, -0.05) is 0 Å². The lowest BCUT2D eigenvalue weighted by molar-refractivity contribution is 0.668. The molecule has 12 heavy (non-hydrogen) atoms. The molecule has 2 aromatic rings. The molecule has 0 aromatic carbocycles. The van der Waals surface area contributed by atoms with Crippen molar-refractivity contribution in [1.29, 1.82) is 0 Å². The lowest BCUT2D eigenvalue weighted by Gasteiger charge is -1.88. The van der Waals surface area contributed by atoms with E-state index in [4.69, 9.17) is 0 Å². The van der Waals surface area contributed by atoms with Crippen molar-refractivity contribution in [2.75, 3.05) is 0 Å². The summed E-state index contributed by atoms with van der Waals surface area (Å²) in [6, 6.07) is 3.20. The van der Waals surface area contributed by atoms with Crippen LogP contribution in [0.5, 0.6) is 0 Å². The lowest BCUT2D eigenvalue weighted by Crippen LogP contribution is -2.00. The second-order valence-corrected chi connectivity index (χ2v) is 2.61. The number of hydrogen-bond acceptors (Lipinski definition) is 2. The number of nitrogens with zero attached hydrogens (tertiary/aromatic N) is 2. The Morgan fingerprint density at radius 3 is 3.17 bits per heavy atom. The molecule has 0 radical (unpaired) electrons. The molecule has 0 amide bonds. The maximum Gasteiger partial charge on any atom is 0.248 e. The summed E-state index contributed by atoms with van der Waals surface area (Å²) < 4.78 is 1.79. The third kappa shape index (κ3) is 1.01. The number of hydrogen-bond donors (Lipinski definition) is 1. The van der Waals surface area contributed by atoms with Crippen LogP contribution in [0.25, 0.3) is 11.0 Å². The van der Waals surface area contributed by atoms with Crippen molar-refractivity contribution in [3.8, 4) is 0 Å². The predicted octanol–water partition coefficient (Wildman–Crippen LogP) is 0.744. The van der Waals surface area contributed by atoms with Crippen LogP contribution in [0, 0.1) is 0 Å². The average Bonchev–Trinajstić information content (AvgIpc) is 2.46. The second-order valence-electron chi connectivity index (χ2n) is 2.61. The molecule has 4 nitrogen and oxygen atoms in total. The van der Waals surface area contributed by atoms with E-state index in [-0.39, 0.29) is 5.56 Å². The summed E-state index contributed by atoms with van der Waals surface area (Å²) in [6.07, 6.45) is 1.83. The molecular formula is C8H9N3O. The summed E-state index contributed by atoms with van der Waals surface area (Å²) in [5.41, 5.74) is 1.54. The van der Waals surface area contributed by atoms with E-state index < -0.39 is 0 Å². The first-order valence-corrected chi connectivity index (χ1v) is 3.86. The van der Waals surface area contributed by atoms with Crippen LogP contribution < -0.4 is 5.56 Å². The fourth-order valence-corrected chi connectivity index (χ4v) is 1.15. The van der Waals surface area contributed by atoms with Gasteiger partial charge in [0.1, 0.15) is 5.52 Å². The van der Waals surface area contributed by atoms with Crippen LogP contribution in [-0.4, -0.2) is 14.8 Å². The number of fused-ring (bicyclic) bond motifs is 1. The third-order valence-corrected chi connectivity index (χ3v) is 1.76. The number of H-pyrrole nitrogens is 1. The first-order chi connectivity index (χ1) is 5.79. The van der Waals surface area contributed by atoms with Crippen molar-refractivity contribution in [2.24, 2.45) is 0 Å². The summed E-state index contributed by atoms with van der Waals surface area (Å²) in [4.78, 5) is 13.6. The van der Waals surface area contributed by atoms with Gasteiger partial charge in [0.2, 0.25) is 5.56 Å². The number of aryl methyl sites for hydroxylation is 1. The Balaban J connectivity index is 2.75. The van der Waals surface area contributed by atoms with Gasteiger partial charge in [-0.15, -0.1) is 0 Å². The van der Waals surface area contributed by atoms with Gasteiger partial charge in [0.05, 0.1) is 5.52 Å². The van der Waals surface area contributed by atoms with Crippen LogP contribution in [0.4, 0.5) is 0 Å². The van der Waals surface area contributed by atoms with E-state index in [0.29, 0.717) is 0 Å². The number of rotatable bonds is 1. The van der Waals surface area contributed by atoms with Crippen molar-refractivity contribution in [3.63, 3.8) is 0 Å². The van der Waals surface area contributed by atoms with Crippen molar-refractivity contribution in [1.82, 2.24) is 14.8 Å². The van der Waals surface area contributed by atoms with Crippen LogP contribution in [-0.2, 0) is 6.54 Å². The van der Waals surface area contributed by atoms with E-state index in [1.54, 1.807) is 10.7 Å². The molecule has 0 saturated heterocycles. The van der Waals surface area contributed by atoms with Crippen LogP contribution >= 0.6 is 0 Å². The summed E-state index contributed by atoms with van der Waals surface area (Å²) in [6.45, 7) is 2.82. The quantitative estimate of drug-likeness (QED) is 0.674. The largest absolute Gasteiger partial charge is 0.319 e. The molecule has 0 aliphatic heterocycles. The maximum atomic E-state index is 10.9. The number of nitrogens with one attached hydrogen (secondary N) is 1. The fourth-order valence-electron chi connectivity index (χ4n) is 1.15. The average molecular weight is 163 g/mol. The van der Waals surface area contributed by atoms with Crippen molar-refractivity contribution >= 4 is 11.0 Å². The molecule has 0 aliphatic carbocycles. The summed E-state index contributed by atoms with van der Waals surface area (Å²) in [7, 11) is 0.